The Bertz CT molecular complexity index is 751. The van der Waals surface area contributed by atoms with Gasteiger partial charge < -0.3 is 10.7 Å². The quantitative estimate of drug-likeness (QED) is 0.915. The van der Waals surface area contributed by atoms with E-state index in [1.54, 1.807) is 0 Å². The maximum Gasteiger partial charge on any atom is 0.252 e. The molecule has 5 heteroatoms. The molecule has 3 N–H and O–H groups in total. The molecular weight excluding hydrogens is 282 g/mol. The highest BCUT2D eigenvalue weighted by Gasteiger charge is 2.22. The molecule has 1 aliphatic rings. The molecular formula is C16H19N3OS. The zero-order valence-corrected chi connectivity index (χ0v) is 12.9. The van der Waals surface area contributed by atoms with Gasteiger partial charge in [0.15, 0.2) is 5.17 Å². The third-order valence-electron chi connectivity index (χ3n) is 3.82. The van der Waals surface area contributed by atoms with Gasteiger partial charge in [-0.2, -0.15) is 0 Å². The number of aromatic nitrogens is 1. The number of pyridine rings is 1. The van der Waals surface area contributed by atoms with Crippen molar-refractivity contribution in [1.82, 2.24) is 4.98 Å². The SMILES string of the molecule is CCCCC1Cc2c(c3ccccc3[nH]c2=O)SC(N)=N1. The predicted molar refractivity (Wildman–Crippen MR) is 89.1 cm³/mol. The fraction of sp³-hybridized carbons (Fsp3) is 0.375. The molecule has 1 aromatic carbocycles. The lowest BCUT2D eigenvalue weighted by atomic mass is 10.0. The number of nitrogens with zero attached hydrogens (tertiary/aromatic N) is 1. The monoisotopic (exact) mass is 301 g/mol. The Kier molecular flexibility index (Phi) is 4.01. The average molecular weight is 301 g/mol. The molecule has 1 atom stereocenters. The highest BCUT2D eigenvalue weighted by atomic mass is 32.2. The molecule has 1 unspecified atom stereocenters. The van der Waals surface area contributed by atoms with Crippen LogP contribution in [0, 0.1) is 0 Å². The molecule has 0 amide bonds. The minimum atomic E-state index is -0.0115. The van der Waals surface area contributed by atoms with E-state index >= 15 is 0 Å². The molecule has 0 aliphatic carbocycles. The van der Waals surface area contributed by atoms with E-state index in [0.29, 0.717) is 11.6 Å². The maximum absolute atomic E-state index is 12.4. The average Bonchev–Trinajstić information content (AvgIpc) is 2.64. The largest absolute Gasteiger partial charge is 0.378 e. The van der Waals surface area contributed by atoms with Gasteiger partial charge in [-0.05, 0) is 12.5 Å². The molecule has 21 heavy (non-hydrogen) atoms. The maximum atomic E-state index is 12.4. The van der Waals surface area contributed by atoms with Crippen molar-refractivity contribution in [3.8, 4) is 0 Å². The summed E-state index contributed by atoms with van der Waals surface area (Å²) in [6.45, 7) is 2.16. The van der Waals surface area contributed by atoms with Crippen LogP contribution in [0.5, 0.6) is 0 Å². The Balaban J connectivity index is 2.11. The summed E-state index contributed by atoms with van der Waals surface area (Å²) in [5, 5.41) is 1.61. The molecule has 0 radical (unpaired) electrons. The summed E-state index contributed by atoms with van der Waals surface area (Å²) in [5.74, 6) is 0. The summed E-state index contributed by atoms with van der Waals surface area (Å²) in [4.78, 5) is 20.9. The van der Waals surface area contributed by atoms with Crippen LogP contribution in [0.1, 0.15) is 31.7 Å². The zero-order valence-electron chi connectivity index (χ0n) is 12.1. The number of aromatic amines is 1. The number of fused-ring (bicyclic) bond motifs is 3. The molecule has 110 valence electrons. The Morgan fingerprint density at radius 3 is 3.05 bits per heavy atom. The molecule has 0 saturated heterocycles. The minimum Gasteiger partial charge on any atom is -0.378 e. The third-order valence-corrected chi connectivity index (χ3v) is 4.80. The summed E-state index contributed by atoms with van der Waals surface area (Å²) in [6.07, 6.45) is 3.87. The van der Waals surface area contributed by atoms with Gasteiger partial charge in [0.25, 0.3) is 5.56 Å². The van der Waals surface area contributed by atoms with Crippen LogP contribution in [-0.2, 0) is 6.42 Å². The highest BCUT2D eigenvalue weighted by molar-refractivity contribution is 8.14. The first-order valence-corrected chi connectivity index (χ1v) is 8.15. The first kappa shape index (κ1) is 14.2. The summed E-state index contributed by atoms with van der Waals surface area (Å²) < 4.78 is 0. The number of amidine groups is 1. The van der Waals surface area contributed by atoms with Gasteiger partial charge in [0.1, 0.15) is 0 Å². The first-order chi connectivity index (χ1) is 10.2. The summed E-state index contributed by atoms with van der Waals surface area (Å²) in [6, 6.07) is 7.96. The van der Waals surface area contributed by atoms with Gasteiger partial charge in [0.2, 0.25) is 0 Å². The number of rotatable bonds is 3. The molecule has 2 heterocycles. The normalized spacial score (nSPS) is 18.1. The van der Waals surface area contributed by atoms with Gasteiger partial charge in [-0.3, -0.25) is 9.79 Å². The van der Waals surface area contributed by atoms with Gasteiger partial charge in [0.05, 0.1) is 6.04 Å². The van der Waals surface area contributed by atoms with E-state index < -0.39 is 0 Å². The number of hydrogen-bond donors (Lipinski definition) is 2. The van der Waals surface area contributed by atoms with Gasteiger partial charge >= 0.3 is 0 Å². The summed E-state index contributed by atoms with van der Waals surface area (Å²) in [7, 11) is 0. The van der Waals surface area contributed by atoms with E-state index in [0.717, 1.165) is 40.6 Å². The fourth-order valence-corrected chi connectivity index (χ4v) is 3.75. The number of benzene rings is 1. The van der Waals surface area contributed by atoms with Crippen molar-refractivity contribution >= 4 is 27.8 Å². The van der Waals surface area contributed by atoms with E-state index in [9.17, 15) is 4.79 Å². The van der Waals surface area contributed by atoms with E-state index in [2.05, 4.69) is 16.9 Å². The Labute approximate surface area is 127 Å². The second kappa shape index (κ2) is 5.93. The smallest absolute Gasteiger partial charge is 0.252 e. The van der Waals surface area contributed by atoms with Crippen molar-refractivity contribution < 1.29 is 0 Å². The number of nitrogens with one attached hydrogen (secondary N) is 1. The summed E-state index contributed by atoms with van der Waals surface area (Å²) in [5.41, 5.74) is 7.72. The van der Waals surface area contributed by atoms with Crippen LogP contribution in [0.25, 0.3) is 10.9 Å². The second-order valence-corrected chi connectivity index (χ2v) is 6.41. The van der Waals surface area contributed by atoms with E-state index in [-0.39, 0.29) is 11.6 Å². The minimum absolute atomic E-state index is 0.0115. The van der Waals surface area contributed by atoms with Crippen molar-refractivity contribution in [1.29, 1.82) is 0 Å². The number of nitrogens with two attached hydrogens (primary N) is 1. The van der Waals surface area contributed by atoms with Crippen LogP contribution in [0.2, 0.25) is 0 Å². The second-order valence-electron chi connectivity index (χ2n) is 5.38. The number of thioether (sulfide) groups is 1. The van der Waals surface area contributed by atoms with E-state index in [1.807, 2.05) is 24.3 Å². The lowest BCUT2D eigenvalue weighted by Crippen LogP contribution is -2.19. The Morgan fingerprint density at radius 1 is 1.43 bits per heavy atom. The molecule has 1 aliphatic heterocycles. The fourth-order valence-electron chi connectivity index (χ4n) is 2.75. The lowest BCUT2D eigenvalue weighted by molar-refractivity contribution is 0.573. The molecule has 0 fully saturated rings. The molecule has 4 nitrogen and oxygen atoms in total. The van der Waals surface area contributed by atoms with Gasteiger partial charge in [-0.15, -0.1) is 0 Å². The zero-order chi connectivity index (χ0) is 14.8. The van der Waals surface area contributed by atoms with Crippen LogP contribution < -0.4 is 11.3 Å². The van der Waals surface area contributed by atoms with Crippen molar-refractivity contribution in [2.75, 3.05) is 0 Å². The first-order valence-electron chi connectivity index (χ1n) is 7.34. The van der Waals surface area contributed by atoms with Crippen LogP contribution in [0.4, 0.5) is 0 Å². The molecule has 2 aromatic rings. The Hall–Kier alpha value is -1.75. The van der Waals surface area contributed by atoms with Crippen LogP contribution in [-0.4, -0.2) is 16.2 Å². The Morgan fingerprint density at radius 2 is 2.24 bits per heavy atom. The number of aliphatic imine (C=N–C) groups is 1. The van der Waals surface area contributed by atoms with Crippen LogP contribution >= 0.6 is 11.8 Å². The van der Waals surface area contributed by atoms with Crippen molar-refractivity contribution in [3.05, 3.63) is 40.2 Å². The molecule has 0 spiro atoms. The van der Waals surface area contributed by atoms with Crippen LogP contribution in [0.15, 0.2) is 38.9 Å². The number of para-hydroxylation sites is 1. The lowest BCUT2D eigenvalue weighted by Gasteiger charge is -2.11. The van der Waals surface area contributed by atoms with Crippen molar-refractivity contribution in [3.63, 3.8) is 0 Å². The predicted octanol–water partition coefficient (Wildman–Crippen LogP) is 3.05. The standard InChI is InChI=1S/C16H19N3OS/c1-2-3-6-10-9-12-14(21-16(17)18-10)11-7-4-5-8-13(11)19-15(12)20/h4-5,7-8,10H,2-3,6,9H2,1H3,(H2,17,18)(H,19,20). The third kappa shape index (κ3) is 2.83. The topological polar surface area (TPSA) is 71.2 Å². The molecule has 0 saturated carbocycles. The number of hydrogen-bond acceptors (Lipinski definition) is 4. The molecule has 0 bridgehead atoms. The van der Waals surface area contributed by atoms with Gasteiger partial charge in [0, 0.05) is 27.8 Å². The van der Waals surface area contributed by atoms with Crippen molar-refractivity contribution in [2.24, 2.45) is 10.7 Å². The molecule has 3 rings (SSSR count). The van der Waals surface area contributed by atoms with Gasteiger partial charge in [-0.1, -0.05) is 49.7 Å². The van der Waals surface area contributed by atoms with Crippen LogP contribution in [0.3, 0.4) is 0 Å². The molecule has 1 aromatic heterocycles. The highest BCUT2D eigenvalue weighted by Crippen LogP contribution is 2.32. The van der Waals surface area contributed by atoms with Crippen molar-refractivity contribution in [2.45, 2.75) is 43.5 Å². The number of unbranched alkanes of at least 4 members (excludes halogenated alkanes) is 1. The number of H-pyrrole nitrogens is 1. The van der Waals surface area contributed by atoms with E-state index in [4.69, 9.17) is 5.73 Å². The van der Waals surface area contributed by atoms with Gasteiger partial charge in [-0.25, -0.2) is 0 Å². The van der Waals surface area contributed by atoms with E-state index in [1.165, 1.54) is 11.8 Å². The summed E-state index contributed by atoms with van der Waals surface area (Å²) >= 11 is 1.42.